The Kier molecular flexibility index (Phi) is 5.74. The Balaban J connectivity index is 2.05. The van der Waals surface area contributed by atoms with Crippen molar-refractivity contribution in [3.8, 4) is 0 Å². The second-order valence-electron chi connectivity index (χ2n) is 6.13. The molecule has 2 rings (SSSR count). The molecule has 0 aliphatic carbocycles. The van der Waals surface area contributed by atoms with Gasteiger partial charge in [0, 0.05) is 31.3 Å². The summed E-state index contributed by atoms with van der Waals surface area (Å²) in [5.74, 6) is -0.163. The van der Waals surface area contributed by atoms with Crippen LogP contribution in [-0.2, 0) is 9.59 Å². The Morgan fingerprint density at radius 3 is 2.21 bits per heavy atom. The number of nitrogens with one attached hydrogen (secondary N) is 1. The minimum absolute atomic E-state index is 0.0660. The molecule has 0 spiro atoms. The van der Waals surface area contributed by atoms with Gasteiger partial charge in [-0.2, -0.15) is 0 Å². The van der Waals surface area contributed by atoms with Crippen molar-refractivity contribution in [2.45, 2.75) is 34.1 Å². The smallest absolute Gasteiger partial charge is 0.226 e. The maximum Gasteiger partial charge on any atom is 0.226 e. The van der Waals surface area contributed by atoms with Crippen molar-refractivity contribution >= 4 is 23.2 Å². The zero-order valence-corrected chi connectivity index (χ0v) is 14.7. The lowest BCUT2D eigenvalue weighted by Gasteiger charge is -2.22. The third kappa shape index (κ3) is 4.69. The minimum Gasteiger partial charge on any atom is -0.326 e. The summed E-state index contributed by atoms with van der Waals surface area (Å²) in [5, 5.41) is 2.90. The molecule has 0 aliphatic heterocycles. The van der Waals surface area contributed by atoms with Crippen LogP contribution < -0.4 is 10.2 Å². The van der Waals surface area contributed by atoms with Crippen LogP contribution in [0.5, 0.6) is 0 Å². The quantitative estimate of drug-likeness (QED) is 0.904. The van der Waals surface area contributed by atoms with Crippen LogP contribution in [0.1, 0.15) is 30.0 Å². The van der Waals surface area contributed by atoms with Gasteiger partial charge in [-0.3, -0.25) is 9.59 Å². The van der Waals surface area contributed by atoms with Gasteiger partial charge in [0.2, 0.25) is 11.8 Å². The van der Waals surface area contributed by atoms with Crippen LogP contribution in [0.15, 0.2) is 42.5 Å². The molecule has 0 radical (unpaired) electrons. The van der Waals surface area contributed by atoms with Crippen LogP contribution in [0.25, 0.3) is 0 Å². The van der Waals surface area contributed by atoms with Crippen LogP contribution >= 0.6 is 0 Å². The van der Waals surface area contributed by atoms with Crippen molar-refractivity contribution in [1.82, 2.24) is 0 Å². The van der Waals surface area contributed by atoms with E-state index in [1.165, 1.54) is 6.92 Å². The summed E-state index contributed by atoms with van der Waals surface area (Å²) < 4.78 is 0. The maximum absolute atomic E-state index is 12.2. The molecular weight excluding hydrogens is 300 g/mol. The topological polar surface area (TPSA) is 49.4 Å². The summed E-state index contributed by atoms with van der Waals surface area (Å²) in [6.45, 7) is 7.83. The van der Waals surface area contributed by atoms with E-state index >= 15 is 0 Å². The third-order valence-electron chi connectivity index (χ3n) is 3.88. The van der Waals surface area contributed by atoms with Gasteiger partial charge >= 0.3 is 0 Å². The summed E-state index contributed by atoms with van der Waals surface area (Å²) in [6, 6.07) is 13.6. The lowest BCUT2D eigenvalue weighted by Crippen LogP contribution is -2.32. The number of carbonyl (C=O) groups excluding carboxylic acids is 2. The highest BCUT2D eigenvalue weighted by Gasteiger charge is 2.14. The van der Waals surface area contributed by atoms with Gasteiger partial charge in [0.05, 0.1) is 0 Å². The highest BCUT2D eigenvalue weighted by atomic mass is 16.2. The number of rotatable bonds is 5. The first-order chi connectivity index (χ1) is 11.4. The monoisotopic (exact) mass is 324 g/mol. The fourth-order valence-electron chi connectivity index (χ4n) is 2.71. The van der Waals surface area contributed by atoms with E-state index in [1.807, 2.05) is 57.2 Å². The molecule has 0 saturated carbocycles. The molecular formula is C20H24N2O2. The Hall–Kier alpha value is -2.62. The van der Waals surface area contributed by atoms with Crippen LogP contribution in [0, 0.1) is 20.8 Å². The fourth-order valence-corrected chi connectivity index (χ4v) is 2.71. The minimum atomic E-state index is -0.0973. The van der Waals surface area contributed by atoms with E-state index in [4.69, 9.17) is 0 Å². The number of hydrogen-bond acceptors (Lipinski definition) is 2. The van der Waals surface area contributed by atoms with E-state index in [2.05, 4.69) is 11.4 Å². The molecule has 0 heterocycles. The Morgan fingerprint density at radius 2 is 1.62 bits per heavy atom. The summed E-state index contributed by atoms with van der Waals surface area (Å²) in [7, 11) is 0. The molecule has 0 bridgehead atoms. The molecule has 4 nitrogen and oxygen atoms in total. The van der Waals surface area contributed by atoms with Crippen molar-refractivity contribution in [2.24, 2.45) is 0 Å². The number of benzene rings is 2. The average Bonchev–Trinajstić information content (AvgIpc) is 2.48. The highest BCUT2D eigenvalue weighted by molar-refractivity contribution is 5.95. The standard InChI is InChI=1S/C20H24N2O2/c1-14-11-15(2)13-18(12-14)22(17(4)23)10-9-20(24)21-19-8-6-5-7-16(19)3/h5-8,11-13H,9-10H2,1-4H3,(H,21,24). The maximum atomic E-state index is 12.2. The van der Waals surface area contributed by atoms with E-state index in [0.29, 0.717) is 6.54 Å². The SMILES string of the molecule is CC(=O)N(CCC(=O)Nc1ccccc1C)c1cc(C)cc(C)c1. The van der Waals surface area contributed by atoms with E-state index in [1.54, 1.807) is 4.90 Å². The zero-order chi connectivity index (χ0) is 17.7. The largest absolute Gasteiger partial charge is 0.326 e. The molecule has 4 heteroatoms. The van der Waals surface area contributed by atoms with Crippen molar-refractivity contribution in [2.75, 3.05) is 16.8 Å². The normalized spacial score (nSPS) is 10.3. The average molecular weight is 324 g/mol. The predicted octanol–water partition coefficient (Wildman–Crippen LogP) is 3.99. The molecule has 0 unspecified atom stereocenters. The van der Waals surface area contributed by atoms with Crippen LogP contribution in [0.4, 0.5) is 11.4 Å². The van der Waals surface area contributed by atoms with Crippen molar-refractivity contribution < 1.29 is 9.59 Å². The van der Waals surface area contributed by atoms with E-state index in [9.17, 15) is 9.59 Å². The van der Waals surface area contributed by atoms with Gasteiger partial charge in [-0.1, -0.05) is 24.3 Å². The van der Waals surface area contributed by atoms with Crippen molar-refractivity contribution in [1.29, 1.82) is 0 Å². The molecule has 0 fully saturated rings. The molecule has 2 aromatic carbocycles. The fraction of sp³-hybridized carbons (Fsp3) is 0.300. The number of aryl methyl sites for hydroxylation is 3. The summed E-state index contributed by atoms with van der Waals surface area (Å²) in [4.78, 5) is 25.8. The Labute approximate surface area is 143 Å². The second kappa shape index (κ2) is 7.77. The Morgan fingerprint density at radius 1 is 1.00 bits per heavy atom. The number of carbonyl (C=O) groups is 2. The molecule has 0 aliphatic rings. The second-order valence-corrected chi connectivity index (χ2v) is 6.13. The van der Waals surface area contributed by atoms with E-state index in [-0.39, 0.29) is 18.2 Å². The van der Waals surface area contributed by atoms with Gasteiger partial charge in [0.15, 0.2) is 0 Å². The molecule has 126 valence electrons. The van der Waals surface area contributed by atoms with Gasteiger partial charge in [0.1, 0.15) is 0 Å². The predicted molar refractivity (Wildman–Crippen MR) is 98.4 cm³/mol. The van der Waals surface area contributed by atoms with Gasteiger partial charge in [-0.15, -0.1) is 0 Å². The first-order valence-corrected chi connectivity index (χ1v) is 8.08. The van der Waals surface area contributed by atoms with Crippen LogP contribution in [0.2, 0.25) is 0 Å². The van der Waals surface area contributed by atoms with E-state index in [0.717, 1.165) is 28.1 Å². The highest BCUT2D eigenvalue weighted by Crippen LogP contribution is 2.20. The van der Waals surface area contributed by atoms with Gasteiger partial charge < -0.3 is 10.2 Å². The number of nitrogens with zero attached hydrogens (tertiary/aromatic N) is 1. The van der Waals surface area contributed by atoms with E-state index < -0.39 is 0 Å². The molecule has 2 amide bonds. The number of para-hydroxylation sites is 1. The summed E-state index contributed by atoms with van der Waals surface area (Å²) in [6.07, 6.45) is 0.251. The molecule has 0 aromatic heterocycles. The molecule has 1 N–H and O–H groups in total. The summed E-state index contributed by atoms with van der Waals surface area (Å²) in [5.41, 5.74) is 4.86. The van der Waals surface area contributed by atoms with Crippen LogP contribution in [-0.4, -0.2) is 18.4 Å². The van der Waals surface area contributed by atoms with Gasteiger partial charge in [-0.05, 0) is 55.7 Å². The number of amides is 2. The number of hydrogen-bond donors (Lipinski definition) is 1. The van der Waals surface area contributed by atoms with Gasteiger partial charge in [-0.25, -0.2) is 0 Å². The number of anilines is 2. The Bertz CT molecular complexity index is 733. The lowest BCUT2D eigenvalue weighted by atomic mass is 10.1. The summed E-state index contributed by atoms with van der Waals surface area (Å²) >= 11 is 0. The molecule has 0 saturated heterocycles. The zero-order valence-electron chi connectivity index (χ0n) is 14.7. The third-order valence-corrected chi connectivity index (χ3v) is 3.88. The van der Waals surface area contributed by atoms with Crippen molar-refractivity contribution in [3.63, 3.8) is 0 Å². The molecule has 24 heavy (non-hydrogen) atoms. The van der Waals surface area contributed by atoms with Crippen LogP contribution in [0.3, 0.4) is 0 Å². The molecule has 2 aromatic rings. The van der Waals surface area contributed by atoms with Gasteiger partial charge in [0.25, 0.3) is 0 Å². The molecule has 0 atom stereocenters. The van der Waals surface area contributed by atoms with Crippen molar-refractivity contribution in [3.05, 3.63) is 59.2 Å². The first kappa shape index (κ1) is 17.7. The lowest BCUT2D eigenvalue weighted by molar-refractivity contribution is -0.117. The first-order valence-electron chi connectivity index (χ1n) is 8.08.